The summed E-state index contributed by atoms with van der Waals surface area (Å²) < 4.78 is 6.93. The lowest BCUT2D eigenvalue weighted by atomic mass is 10.2. The van der Waals surface area contributed by atoms with E-state index >= 15 is 0 Å². The van der Waals surface area contributed by atoms with E-state index in [9.17, 15) is 9.59 Å². The topological polar surface area (TPSA) is 76.5 Å². The highest BCUT2D eigenvalue weighted by Gasteiger charge is 2.32. The first-order valence-electron chi connectivity index (χ1n) is 9.35. The second kappa shape index (κ2) is 7.44. The molecule has 2 aliphatic rings. The Morgan fingerprint density at radius 3 is 3.00 bits per heavy atom. The number of nitrogens with one attached hydrogen (secondary N) is 1. The summed E-state index contributed by atoms with van der Waals surface area (Å²) in [5.74, 6) is 0.617. The average molecular weight is 388 g/mol. The summed E-state index contributed by atoms with van der Waals surface area (Å²) in [6.45, 7) is 4.15. The number of aryl methyl sites for hydroxylation is 2. The van der Waals surface area contributed by atoms with Gasteiger partial charge in [-0.3, -0.25) is 9.59 Å². The predicted molar refractivity (Wildman–Crippen MR) is 102 cm³/mol. The number of ether oxygens (including phenoxy) is 1. The number of imidazole rings is 1. The highest BCUT2D eigenvalue weighted by Crippen LogP contribution is 2.33. The molecule has 1 aliphatic carbocycles. The minimum atomic E-state index is -0.214. The van der Waals surface area contributed by atoms with Crippen LogP contribution < -0.4 is 5.32 Å². The predicted octanol–water partition coefficient (Wildman–Crippen LogP) is 2.03. The molecule has 8 heteroatoms. The van der Waals surface area contributed by atoms with Crippen molar-refractivity contribution in [1.29, 1.82) is 0 Å². The van der Waals surface area contributed by atoms with Gasteiger partial charge in [-0.2, -0.15) is 0 Å². The fraction of sp³-hybridized carbons (Fsp3) is 0.526. The molecule has 27 heavy (non-hydrogen) atoms. The van der Waals surface area contributed by atoms with Crippen molar-refractivity contribution < 1.29 is 14.3 Å². The Bertz CT molecular complexity index is 851. The molecule has 0 fully saturated rings. The molecule has 7 nitrogen and oxygen atoms in total. The van der Waals surface area contributed by atoms with Crippen molar-refractivity contribution in [3.05, 3.63) is 39.1 Å². The van der Waals surface area contributed by atoms with Crippen LogP contribution in [0.15, 0.2) is 12.3 Å². The van der Waals surface area contributed by atoms with E-state index in [0.29, 0.717) is 31.9 Å². The molecule has 4 rings (SSSR count). The van der Waals surface area contributed by atoms with Gasteiger partial charge in [0, 0.05) is 37.8 Å². The SMILES string of the molecule is COCCNC(=O)c1cn2c(n1)[C@H](C)N(C(=O)c1cc3c(s1)CCC3)CC2. The van der Waals surface area contributed by atoms with Gasteiger partial charge in [0.05, 0.1) is 17.5 Å². The van der Waals surface area contributed by atoms with Crippen molar-refractivity contribution in [3.8, 4) is 0 Å². The van der Waals surface area contributed by atoms with E-state index in [1.807, 2.05) is 16.4 Å². The first-order valence-corrected chi connectivity index (χ1v) is 10.2. The third-order valence-electron chi connectivity index (χ3n) is 5.27. The molecule has 0 saturated heterocycles. The Labute approximate surface area is 162 Å². The lowest BCUT2D eigenvalue weighted by Gasteiger charge is -2.33. The molecule has 0 unspecified atom stereocenters. The Morgan fingerprint density at radius 1 is 1.37 bits per heavy atom. The Kier molecular flexibility index (Phi) is 5.01. The van der Waals surface area contributed by atoms with Crippen LogP contribution in [0.2, 0.25) is 0 Å². The van der Waals surface area contributed by atoms with E-state index in [2.05, 4.69) is 16.4 Å². The van der Waals surface area contributed by atoms with Crippen molar-refractivity contribution in [1.82, 2.24) is 19.8 Å². The number of hydrogen-bond acceptors (Lipinski definition) is 5. The first kappa shape index (κ1) is 18.2. The van der Waals surface area contributed by atoms with Gasteiger partial charge in [0.25, 0.3) is 11.8 Å². The lowest BCUT2D eigenvalue weighted by Crippen LogP contribution is -2.40. The van der Waals surface area contributed by atoms with Crippen LogP contribution in [0, 0.1) is 0 Å². The smallest absolute Gasteiger partial charge is 0.271 e. The van der Waals surface area contributed by atoms with Crippen molar-refractivity contribution >= 4 is 23.2 Å². The average Bonchev–Trinajstić information content (AvgIpc) is 3.36. The molecule has 0 aromatic carbocycles. The second-order valence-electron chi connectivity index (χ2n) is 7.01. The zero-order valence-corrected chi connectivity index (χ0v) is 16.5. The lowest BCUT2D eigenvalue weighted by molar-refractivity contribution is 0.0643. The maximum atomic E-state index is 13.0. The van der Waals surface area contributed by atoms with Crippen molar-refractivity contribution in [3.63, 3.8) is 0 Å². The van der Waals surface area contributed by atoms with Gasteiger partial charge in [-0.1, -0.05) is 0 Å². The van der Waals surface area contributed by atoms with Crippen LogP contribution in [-0.4, -0.2) is 53.1 Å². The summed E-state index contributed by atoms with van der Waals surface area (Å²) in [6.07, 6.45) is 5.15. The summed E-state index contributed by atoms with van der Waals surface area (Å²) in [6, 6.07) is 1.90. The van der Waals surface area contributed by atoms with Crippen LogP contribution in [0.25, 0.3) is 0 Å². The number of carbonyl (C=O) groups is 2. The molecule has 0 spiro atoms. The number of rotatable bonds is 5. The largest absolute Gasteiger partial charge is 0.383 e. The molecule has 2 aromatic rings. The summed E-state index contributed by atoms with van der Waals surface area (Å²) in [4.78, 5) is 33.8. The van der Waals surface area contributed by atoms with E-state index in [0.717, 1.165) is 23.5 Å². The van der Waals surface area contributed by atoms with Crippen LogP contribution in [0.5, 0.6) is 0 Å². The summed E-state index contributed by atoms with van der Waals surface area (Å²) in [5, 5.41) is 2.79. The maximum absolute atomic E-state index is 13.0. The number of methoxy groups -OCH3 is 1. The zero-order chi connectivity index (χ0) is 19.0. The highest BCUT2D eigenvalue weighted by atomic mass is 32.1. The van der Waals surface area contributed by atoms with Gasteiger partial charge in [-0.25, -0.2) is 4.98 Å². The van der Waals surface area contributed by atoms with E-state index in [1.54, 1.807) is 24.6 Å². The summed E-state index contributed by atoms with van der Waals surface area (Å²) >= 11 is 1.63. The van der Waals surface area contributed by atoms with Crippen LogP contribution in [-0.2, 0) is 24.1 Å². The normalized spacial score (nSPS) is 18.3. The fourth-order valence-corrected chi connectivity index (χ4v) is 5.02. The number of hydrogen-bond donors (Lipinski definition) is 1. The molecule has 144 valence electrons. The molecule has 0 saturated carbocycles. The van der Waals surface area contributed by atoms with E-state index < -0.39 is 0 Å². The van der Waals surface area contributed by atoms with Gasteiger partial charge in [0.15, 0.2) is 0 Å². The highest BCUT2D eigenvalue weighted by molar-refractivity contribution is 7.14. The molecule has 3 heterocycles. The molecule has 1 atom stereocenters. The Hall–Kier alpha value is -2.19. The van der Waals surface area contributed by atoms with Gasteiger partial charge in [0.1, 0.15) is 11.5 Å². The second-order valence-corrected chi connectivity index (χ2v) is 8.15. The first-order chi connectivity index (χ1) is 13.1. The van der Waals surface area contributed by atoms with Crippen molar-refractivity contribution in [2.75, 3.05) is 26.8 Å². The molecule has 0 bridgehead atoms. The third-order valence-corrected chi connectivity index (χ3v) is 6.50. The van der Waals surface area contributed by atoms with E-state index in [-0.39, 0.29) is 17.9 Å². The van der Waals surface area contributed by atoms with Crippen molar-refractivity contribution in [2.24, 2.45) is 0 Å². The van der Waals surface area contributed by atoms with Gasteiger partial charge in [-0.15, -0.1) is 11.3 Å². The van der Waals surface area contributed by atoms with Crippen LogP contribution in [0.3, 0.4) is 0 Å². The van der Waals surface area contributed by atoms with Crippen LogP contribution in [0.4, 0.5) is 0 Å². The number of thiophene rings is 1. The maximum Gasteiger partial charge on any atom is 0.271 e. The number of nitrogens with zero attached hydrogens (tertiary/aromatic N) is 3. The number of aromatic nitrogens is 2. The zero-order valence-electron chi connectivity index (χ0n) is 15.7. The standard InChI is InChI=1S/C19H24N4O3S/c1-12-17-21-14(18(24)20-6-9-26-2)11-22(17)7-8-23(12)19(25)16-10-13-4-3-5-15(13)27-16/h10-12H,3-9H2,1-2H3,(H,20,24)/t12-/m0/s1. The molecule has 1 aliphatic heterocycles. The molecule has 2 amide bonds. The minimum Gasteiger partial charge on any atom is -0.383 e. The molecule has 0 radical (unpaired) electrons. The minimum absolute atomic E-state index is 0.0715. The van der Waals surface area contributed by atoms with E-state index in [1.165, 1.54) is 16.9 Å². The quantitative estimate of drug-likeness (QED) is 0.795. The summed E-state index contributed by atoms with van der Waals surface area (Å²) in [5.41, 5.74) is 1.72. The van der Waals surface area contributed by atoms with Crippen molar-refractivity contribution in [2.45, 2.75) is 38.8 Å². The Balaban J connectivity index is 1.49. The molecule has 2 aromatic heterocycles. The summed E-state index contributed by atoms with van der Waals surface area (Å²) in [7, 11) is 1.59. The number of amides is 2. The van der Waals surface area contributed by atoms with Gasteiger partial charge in [-0.05, 0) is 37.8 Å². The van der Waals surface area contributed by atoms with E-state index in [4.69, 9.17) is 4.74 Å². The van der Waals surface area contributed by atoms with Gasteiger partial charge < -0.3 is 19.5 Å². The monoisotopic (exact) mass is 388 g/mol. The number of fused-ring (bicyclic) bond motifs is 2. The van der Waals surface area contributed by atoms with Gasteiger partial charge in [0.2, 0.25) is 0 Å². The molecule has 1 N–H and O–H groups in total. The fourth-order valence-electron chi connectivity index (χ4n) is 3.81. The van der Waals surface area contributed by atoms with Gasteiger partial charge >= 0.3 is 0 Å². The van der Waals surface area contributed by atoms with Crippen LogP contribution >= 0.6 is 11.3 Å². The Morgan fingerprint density at radius 2 is 2.22 bits per heavy atom. The number of carbonyl (C=O) groups excluding carboxylic acids is 2. The molecular weight excluding hydrogens is 364 g/mol. The third kappa shape index (κ3) is 3.39. The molecular formula is C19H24N4O3S. The van der Waals surface area contributed by atoms with Crippen LogP contribution in [0.1, 0.15) is 55.8 Å².